The second-order valence-electron chi connectivity index (χ2n) is 6.75. The lowest BCUT2D eigenvalue weighted by Crippen LogP contribution is -2.49. The van der Waals surface area contributed by atoms with Crippen LogP contribution in [0.1, 0.15) is 39.5 Å². The monoisotopic (exact) mass is 281 g/mol. The fourth-order valence-electron chi connectivity index (χ4n) is 3.73. The lowest BCUT2D eigenvalue weighted by atomic mass is 9.76. The predicted molar refractivity (Wildman–Crippen MR) is 77.9 cm³/mol. The summed E-state index contributed by atoms with van der Waals surface area (Å²) < 4.78 is 0. The van der Waals surface area contributed by atoms with Gasteiger partial charge in [0.15, 0.2) is 0 Å². The Balaban J connectivity index is 2.06. The van der Waals surface area contributed by atoms with Crippen molar-refractivity contribution < 1.29 is 9.59 Å². The first-order chi connectivity index (χ1) is 9.39. The quantitative estimate of drug-likeness (QED) is 0.783. The van der Waals surface area contributed by atoms with Crippen molar-refractivity contribution in [3.05, 3.63) is 0 Å². The zero-order valence-electron chi connectivity index (χ0n) is 12.8. The van der Waals surface area contributed by atoms with E-state index >= 15 is 0 Å². The lowest BCUT2D eigenvalue weighted by molar-refractivity contribution is -0.138. The maximum atomic E-state index is 12.7. The summed E-state index contributed by atoms with van der Waals surface area (Å²) in [6.07, 6.45) is 3.85. The third-order valence-electron chi connectivity index (χ3n) is 5.12. The van der Waals surface area contributed by atoms with Gasteiger partial charge in [0, 0.05) is 26.2 Å². The van der Waals surface area contributed by atoms with Crippen molar-refractivity contribution in [3.8, 4) is 0 Å². The van der Waals surface area contributed by atoms with E-state index in [-0.39, 0.29) is 23.8 Å². The number of likely N-dealkylation sites (tertiary alicyclic amines) is 1. The normalized spacial score (nSPS) is 37.8. The predicted octanol–water partition coefficient (Wildman–Crippen LogP) is 0.735. The molecule has 114 valence electrons. The van der Waals surface area contributed by atoms with Gasteiger partial charge in [-0.15, -0.1) is 0 Å². The zero-order chi connectivity index (χ0) is 14.9. The maximum absolute atomic E-state index is 12.7. The van der Waals surface area contributed by atoms with Crippen LogP contribution in [0.25, 0.3) is 0 Å². The van der Waals surface area contributed by atoms with E-state index in [9.17, 15) is 9.59 Å². The number of nitrogens with two attached hydrogens (primary N) is 1. The van der Waals surface area contributed by atoms with Gasteiger partial charge in [-0.1, -0.05) is 13.3 Å². The summed E-state index contributed by atoms with van der Waals surface area (Å²) in [5.74, 6) is 0.444. The molecule has 0 aromatic carbocycles. The molecule has 2 amide bonds. The lowest BCUT2D eigenvalue weighted by Gasteiger charge is -2.36. The summed E-state index contributed by atoms with van der Waals surface area (Å²) in [4.78, 5) is 26.5. The number of nitrogens with one attached hydrogen (secondary N) is 1. The molecule has 2 rings (SSSR count). The molecule has 1 heterocycles. The first-order valence-electron chi connectivity index (χ1n) is 7.65. The minimum atomic E-state index is -0.452. The van der Waals surface area contributed by atoms with E-state index < -0.39 is 5.41 Å². The Morgan fingerprint density at radius 1 is 1.35 bits per heavy atom. The Morgan fingerprint density at radius 2 is 2.05 bits per heavy atom. The SMILES string of the molecule is CNC(=O)C1(C)CCN(C(=O)C2C(C)CCCC2N)C1. The second-order valence-corrected chi connectivity index (χ2v) is 6.75. The van der Waals surface area contributed by atoms with Gasteiger partial charge >= 0.3 is 0 Å². The van der Waals surface area contributed by atoms with Gasteiger partial charge in [0.2, 0.25) is 11.8 Å². The minimum Gasteiger partial charge on any atom is -0.359 e. The van der Waals surface area contributed by atoms with E-state index in [1.165, 1.54) is 0 Å². The summed E-state index contributed by atoms with van der Waals surface area (Å²) in [6, 6.07) is -0.0295. The average molecular weight is 281 g/mol. The molecule has 0 aromatic rings. The average Bonchev–Trinajstić information content (AvgIpc) is 2.81. The second kappa shape index (κ2) is 5.72. The van der Waals surface area contributed by atoms with Crippen LogP contribution in [0, 0.1) is 17.3 Å². The smallest absolute Gasteiger partial charge is 0.227 e. The van der Waals surface area contributed by atoms with E-state index in [0.717, 1.165) is 25.7 Å². The van der Waals surface area contributed by atoms with Gasteiger partial charge in [-0.3, -0.25) is 9.59 Å². The number of carbonyl (C=O) groups is 2. The molecule has 20 heavy (non-hydrogen) atoms. The van der Waals surface area contributed by atoms with Crippen LogP contribution in [0.5, 0.6) is 0 Å². The van der Waals surface area contributed by atoms with E-state index in [2.05, 4.69) is 12.2 Å². The van der Waals surface area contributed by atoms with Gasteiger partial charge < -0.3 is 16.0 Å². The van der Waals surface area contributed by atoms with Gasteiger partial charge in [-0.25, -0.2) is 0 Å². The molecule has 2 aliphatic rings. The van der Waals surface area contributed by atoms with Crippen LogP contribution in [0.15, 0.2) is 0 Å². The molecule has 1 aliphatic heterocycles. The largest absolute Gasteiger partial charge is 0.359 e. The maximum Gasteiger partial charge on any atom is 0.227 e. The highest BCUT2D eigenvalue weighted by molar-refractivity contribution is 5.85. The van der Waals surface area contributed by atoms with Crippen molar-refractivity contribution in [1.82, 2.24) is 10.2 Å². The Bertz CT molecular complexity index is 389. The summed E-state index contributed by atoms with van der Waals surface area (Å²) in [5.41, 5.74) is 5.71. The van der Waals surface area contributed by atoms with Gasteiger partial charge in [0.05, 0.1) is 11.3 Å². The summed E-state index contributed by atoms with van der Waals surface area (Å²) in [7, 11) is 1.65. The molecule has 5 nitrogen and oxygen atoms in total. The van der Waals surface area contributed by atoms with E-state index in [1.54, 1.807) is 7.05 Å². The standard InChI is InChI=1S/C15H27N3O2/c1-10-5-4-6-11(16)12(10)13(19)18-8-7-15(2,9-18)14(20)17-3/h10-12H,4-9,16H2,1-3H3,(H,17,20). The highest BCUT2D eigenvalue weighted by Gasteiger charge is 2.45. The molecule has 0 bridgehead atoms. The van der Waals surface area contributed by atoms with Crippen molar-refractivity contribution in [1.29, 1.82) is 0 Å². The molecule has 4 atom stereocenters. The molecular weight excluding hydrogens is 254 g/mol. The van der Waals surface area contributed by atoms with E-state index in [0.29, 0.717) is 19.0 Å². The zero-order valence-corrected chi connectivity index (χ0v) is 12.8. The molecule has 0 aromatic heterocycles. The topological polar surface area (TPSA) is 75.4 Å². The molecule has 4 unspecified atom stereocenters. The first kappa shape index (κ1) is 15.3. The third-order valence-corrected chi connectivity index (χ3v) is 5.12. The number of amides is 2. The highest BCUT2D eigenvalue weighted by Crippen LogP contribution is 2.35. The number of nitrogens with zero attached hydrogens (tertiary/aromatic N) is 1. The van der Waals surface area contributed by atoms with Crippen LogP contribution in [-0.4, -0.2) is 42.9 Å². The fourth-order valence-corrected chi connectivity index (χ4v) is 3.73. The van der Waals surface area contributed by atoms with Gasteiger partial charge in [-0.2, -0.15) is 0 Å². The van der Waals surface area contributed by atoms with Crippen molar-refractivity contribution in [2.75, 3.05) is 20.1 Å². The van der Waals surface area contributed by atoms with Crippen molar-refractivity contribution in [3.63, 3.8) is 0 Å². The van der Waals surface area contributed by atoms with Crippen LogP contribution in [0.2, 0.25) is 0 Å². The van der Waals surface area contributed by atoms with E-state index in [1.807, 2.05) is 11.8 Å². The molecule has 2 fully saturated rings. The van der Waals surface area contributed by atoms with Crippen LogP contribution < -0.4 is 11.1 Å². The van der Waals surface area contributed by atoms with Crippen LogP contribution in [0.4, 0.5) is 0 Å². The molecule has 1 aliphatic carbocycles. The molecule has 1 saturated heterocycles. The van der Waals surface area contributed by atoms with Crippen molar-refractivity contribution in [2.24, 2.45) is 23.0 Å². The van der Waals surface area contributed by atoms with Crippen molar-refractivity contribution >= 4 is 11.8 Å². The Labute approximate surface area is 121 Å². The Morgan fingerprint density at radius 3 is 2.65 bits per heavy atom. The summed E-state index contributed by atoms with van der Waals surface area (Å²) in [6.45, 7) is 5.24. The number of hydrogen-bond donors (Lipinski definition) is 2. The van der Waals surface area contributed by atoms with Crippen molar-refractivity contribution in [2.45, 2.75) is 45.6 Å². The molecule has 0 spiro atoms. The van der Waals surface area contributed by atoms with Crippen LogP contribution >= 0.6 is 0 Å². The molecule has 5 heteroatoms. The minimum absolute atomic E-state index is 0.0220. The number of hydrogen-bond acceptors (Lipinski definition) is 3. The molecule has 3 N–H and O–H groups in total. The van der Waals surface area contributed by atoms with Crippen LogP contribution in [-0.2, 0) is 9.59 Å². The Kier molecular flexibility index (Phi) is 4.37. The fraction of sp³-hybridized carbons (Fsp3) is 0.867. The van der Waals surface area contributed by atoms with Gasteiger partial charge in [-0.05, 0) is 32.1 Å². The first-order valence-corrected chi connectivity index (χ1v) is 7.65. The van der Waals surface area contributed by atoms with E-state index in [4.69, 9.17) is 5.73 Å². The van der Waals surface area contributed by atoms with Crippen LogP contribution in [0.3, 0.4) is 0 Å². The Hall–Kier alpha value is -1.10. The van der Waals surface area contributed by atoms with Gasteiger partial charge in [0.1, 0.15) is 0 Å². The van der Waals surface area contributed by atoms with Gasteiger partial charge in [0.25, 0.3) is 0 Å². The highest BCUT2D eigenvalue weighted by atomic mass is 16.2. The summed E-state index contributed by atoms with van der Waals surface area (Å²) in [5, 5.41) is 2.70. The molecule has 1 saturated carbocycles. The molecule has 0 radical (unpaired) electrons. The summed E-state index contributed by atoms with van der Waals surface area (Å²) >= 11 is 0. The number of carbonyl (C=O) groups excluding carboxylic acids is 2. The molecular formula is C15H27N3O2. The third kappa shape index (κ3) is 2.68. The number of rotatable bonds is 2.